The molecule has 27 heavy (non-hydrogen) atoms. The molecule has 0 fully saturated rings. The van der Waals surface area contributed by atoms with Gasteiger partial charge >= 0.3 is 0 Å². The summed E-state index contributed by atoms with van der Waals surface area (Å²) in [5.74, 6) is 3.41. The van der Waals surface area contributed by atoms with Crippen molar-refractivity contribution in [1.82, 2.24) is 9.97 Å². The maximum atomic E-state index is 6.18. The molecule has 2 aromatic carbocycles. The quantitative estimate of drug-likeness (QED) is 0.604. The molecular weight excluding hydrogens is 364 g/mol. The number of aryl methyl sites for hydroxylation is 2. The molecule has 0 saturated heterocycles. The maximum absolute atomic E-state index is 6.18. The van der Waals surface area contributed by atoms with Gasteiger partial charge in [-0.05, 0) is 49.7 Å². The molecule has 6 nitrogen and oxygen atoms in total. The Kier molecular flexibility index (Phi) is 5.66. The van der Waals surface area contributed by atoms with Crippen molar-refractivity contribution in [2.75, 3.05) is 24.9 Å². The van der Waals surface area contributed by atoms with Crippen LogP contribution in [0.4, 0.5) is 23.0 Å². The van der Waals surface area contributed by atoms with Gasteiger partial charge in [0.15, 0.2) is 0 Å². The van der Waals surface area contributed by atoms with Crippen LogP contribution in [0.15, 0.2) is 42.5 Å². The van der Waals surface area contributed by atoms with Crippen LogP contribution in [0, 0.1) is 13.8 Å². The molecule has 7 heteroatoms. The summed E-state index contributed by atoms with van der Waals surface area (Å²) in [6.45, 7) is 3.78. The number of nitrogens with zero attached hydrogens (tertiary/aromatic N) is 2. The van der Waals surface area contributed by atoms with Crippen LogP contribution in [-0.4, -0.2) is 24.2 Å². The van der Waals surface area contributed by atoms with Gasteiger partial charge in [-0.3, -0.25) is 0 Å². The highest BCUT2D eigenvalue weighted by atomic mass is 35.5. The third-order valence-electron chi connectivity index (χ3n) is 3.94. The first kappa shape index (κ1) is 18.8. The second-order valence-electron chi connectivity index (χ2n) is 5.97. The van der Waals surface area contributed by atoms with Crippen LogP contribution >= 0.6 is 11.6 Å². The molecule has 0 aliphatic rings. The Bertz CT molecular complexity index is 945. The fourth-order valence-electron chi connectivity index (χ4n) is 2.59. The number of hydrogen-bond acceptors (Lipinski definition) is 6. The van der Waals surface area contributed by atoms with Crippen molar-refractivity contribution in [3.05, 3.63) is 58.9 Å². The number of hydrogen-bond donors (Lipinski definition) is 2. The summed E-state index contributed by atoms with van der Waals surface area (Å²) in [6.07, 6.45) is 0. The Labute approximate surface area is 163 Å². The van der Waals surface area contributed by atoms with Gasteiger partial charge in [0.25, 0.3) is 0 Å². The number of anilines is 4. The van der Waals surface area contributed by atoms with E-state index in [4.69, 9.17) is 21.1 Å². The van der Waals surface area contributed by atoms with E-state index in [9.17, 15) is 0 Å². The largest absolute Gasteiger partial charge is 0.497 e. The zero-order valence-corrected chi connectivity index (χ0v) is 16.4. The minimum Gasteiger partial charge on any atom is -0.497 e. The Morgan fingerprint density at radius 2 is 1.52 bits per heavy atom. The number of halogens is 1. The Morgan fingerprint density at radius 1 is 0.852 bits per heavy atom. The van der Waals surface area contributed by atoms with E-state index in [1.807, 2.05) is 50.2 Å². The lowest BCUT2D eigenvalue weighted by Gasteiger charge is -2.14. The Hall–Kier alpha value is -2.99. The standard InChI is InChI=1S/C20H21ClN4O2/c1-12-9-17(18(27-4)10-16(12)21)25-20-11-19(22-13(2)23-20)24-14-5-7-15(26-3)8-6-14/h5-11H,1-4H3,(H2,22,23,24,25). The second-order valence-corrected chi connectivity index (χ2v) is 6.37. The van der Waals surface area contributed by atoms with Crippen LogP contribution in [0.1, 0.15) is 11.4 Å². The highest BCUT2D eigenvalue weighted by molar-refractivity contribution is 6.31. The maximum Gasteiger partial charge on any atom is 0.143 e. The van der Waals surface area contributed by atoms with E-state index in [1.165, 1.54) is 0 Å². The number of aromatic nitrogens is 2. The van der Waals surface area contributed by atoms with Crippen molar-refractivity contribution in [1.29, 1.82) is 0 Å². The van der Waals surface area contributed by atoms with Crippen LogP contribution in [0.5, 0.6) is 11.5 Å². The highest BCUT2D eigenvalue weighted by Gasteiger charge is 2.10. The lowest BCUT2D eigenvalue weighted by atomic mass is 10.2. The summed E-state index contributed by atoms with van der Waals surface area (Å²) in [4.78, 5) is 8.90. The number of nitrogens with one attached hydrogen (secondary N) is 2. The Balaban J connectivity index is 1.86. The number of rotatable bonds is 6. The van der Waals surface area contributed by atoms with Crippen molar-refractivity contribution in [2.45, 2.75) is 13.8 Å². The zero-order valence-electron chi connectivity index (χ0n) is 15.6. The molecule has 140 valence electrons. The van der Waals surface area contributed by atoms with Crippen molar-refractivity contribution in [3.8, 4) is 11.5 Å². The third kappa shape index (κ3) is 4.60. The zero-order chi connectivity index (χ0) is 19.4. The number of methoxy groups -OCH3 is 2. The van der Waals surface area contributed by atoms with E-state index < -0.39 is 0 Å². The van der Waals surface area contributed by atoms with Gasteiger partial charge in [-0.1, -0.05) is 11.6 Å². The molecular formula is C20H21ClN4O2. The highest BCUT2D eigenvalue weighted by Crippen LogP contribution is 2.33. The molecule has 0 unspecified atom stereocenters. The fraction of sp³-hybridized carbons (Fsp3) is 0.200. The lowest BCUT2D eigenvalue weighted by molar-refractivity contribution is 0.415. The average Bonchev–Trinajstić information content (AvgIpc) is 2.64. The molecule has 0 spiro atoms. The van der Waals surface area contributed by atoms with Gasteiger partial charge in [0.2, 0.25) is 0 Å². The van der Waals surface area contributed by atoms with Crippen LogP contribution in [0.3, 0.4) is 0 Å². The van der Waals surface area contributed by atoms with Crippen LogP contribution in [-0.2, 0) is 0 Å². The summed E-state index contributed by atoms with van der Waals surface area (Å²) in [7, 11) is 3.25. The lowest BCUT2D eigenvalue weighted by Crippen LogP contribution is -2.02. The smallest absolute Gasteiger partial charge is 0.143 e. The van der Waals surface area contributed by atoms with Crippen LogP contribution < -0.4 is 20.1 Å². The molecule has 0 aliphatic carbocycles. The summed E-state index contributed by atoms with van der Waals surface area (Å²) in [5, 5.41) is 7.21. The summed E-state index contributed by atoms with van der Waals surface area (Å²) in [5.41, 5.74) is 2.63. The van der Waals surface area contributed by atoms with Crippen molar-refractivity contribution in [3.63, 3.8) is 0 Å². The Morgan fingerprint density at radius 3 is 2.15 bits per heavy atom. The average molecular weight is 385 g/mol. The van der Waals surface area contributed by atoms with Crippen LogP contribution in [0.25, 0.3) is 0 Å². The molecule has 2 N–H and O–H groups in total. The van der Waals surface area contributed by atoms with E-state index in [-0.39, 0.29) is 0 Å². The molecule has 0 saturated carbocycles. The normalized spacial score (nSPS) is 10.4. The second kappa shape index (κ2) is 8.14. The molecule has 0 atom stereocenters. The predicted octanol–water partition coefficient (Wildman–Crippen LogP) is 5.25. The number of benzene rings is 2. The minimum atomic E-state index is 0.640. The van der Waals surface area contributed by atoms with Crippen LogP contribution in [0.2, 0.25) is 5.02 Å². The van der Waals surface area contributed by atoms with E-state index >= 15 is 0 Å². The first-order valence-corrected chi connectivity index (χ1v) is 8.74. The molecule has 0 amide bonds. The summed E-state index contributed by atoms with van der Waals surface area (Å²) in [6, 6.07) is 13.2. The van der Waals surface area contributed by atoms with Crippen molar-refractivity contribution in [2.24, 2.45) is 0 Å². The monoisotopic (exact) mass is 384 g/mol. The van der Waals surface area contributed by atoms with E-state index in [2.05, 4.69) is 20.6 Å². The van der Waals surface area contributed by atoms with Gasteiger partial charge < -0.3 is 20.1 Å². The topological polar surface area (TPSA) is 68.3 Å². The molecule has 3 aromatic rings. The number of ether oxygens (including phenoxy) is 2. The van der Waals surface area contributed by atoms with Gasteiger partial charge in [0.1, 0.15) is 29.0 Å². The SMILES string of the molecule is COc1ccc(Nc2cc(Nc3cc(C)c(Cl)cc3OC)nc(C)n2)cc1. The minimum absolute atomic E-state index is 0.640. The summed E-state index contributed by atoms with van der Waals surface area (Å²) < 4.78 is 10.6. The summed E-state index contributed by atoms with van der Waals surface area (Å²) >= 11 is 6.18. The van der Waals surface area contributed by atoms with Crippen molar-refractivity contribution < 1.29 is 9.47 Å². The van der Waals surface area contributed by atoms with Crippen molar-refractivity contribution >= 4 is 34.6 Å². The van der Waals surface area contributed by atoms with E-state index in [1.54, 1.807) is 20.3 Å². The molecule has 1 heterocycles. The fourth-order valence-corrected chi connectivity index (χ4v) is 2.74. The van der Waals surface area contributed by atoms with Gasteiger partial charge in [-0.2, -0.15) is 0 Å². The molecule has 0 radical (unpaired) electrons. The van der Waals surface area contributed by atoms with Gasteiger partial charge in [-0.15, -0.1) is 0 Å². The predicted molar refractivity (Wildman–Crippen MR) is 109 cm³/mol. The molecule has 3 rings (SSSR count). The van der Waals surface area contributed by atoms with Gasteiger partial charge in [0.05, 0.1) is 19.9 Å². The molecule has 1 aromatic heterocycles. The van der Waals surface area contributed by atoms with E-state index in [0.29, 0.717) is 28.2 Å². The van der Waals surface area contributed by atoms with Gasteiger partial charge in [-0.25, -0.2) is 9.97 Å². The van der Waals surface area contributed by atoms with E-state index in [0.717, 1.165) is 22.7 Å². The third-order valence-corrected chi connectivity index (χ3v) is 4.35. The molecule has 0 aliphatic heterocycles. The van der Waals surface area contributed by atoms with Gasteiger partial charge in [0, 0.05) is 22.8 Å². The first-order valence-electron chi connectivity index (χ1n) is 8.36. The molecule has 0 bridgehead atoms. The first-order chi connectivity index (χ1) is 13.0.